The van der Waals surface area contributed by atoms with E-state index >= 15 is 0 Å². The normalized spacial score (nSPS) is 16.7. The summed E-state index contributed by atoms with van der Waals surface area (Å²) in [6.07, 6.45) is 2.39. The molecular weight excluding hydrogens is 392 g/mol. The topological polar surface area (TPSA) is 35.5 Å². The van der Waals surface area contributed by atoms with Crippen molar-refractivity contribution >= 4 is 21.9 Å². The Hall–Kier alpha value is -2.07. The fraction of sp³-hybridized carbons (Fsp3) is 0.318. The molecule has 0 bridgehead atoms. The van der Waals surface area contributed by atoms with Gasteiger partial charge in [-0.25, -0.2) is 0 Å². The largest absolute Gasteiger partial charge is 0.486 e. The lowest BCUT2D eigenvalue weighted by Gasteiger charge is -2.18. The van der Waals surface area contributed by atoms with Crippen LogP contribution >= 0.6 is 15.9 Å². The lowest BCUT2D eigenvalue weighted by molar-refractivity contribution is -0.140. The van der Waals surface area contributed by atoms with Gasteiger partial charge in [-0.3, -0.25) is 4.79 Å². The Bertz CT molecular complexity index is 811. The highest BCUT2D eigenvalue weighted by atomic mass is 79.9. The first-order chi connectivity index (χ1) is 12.5. The van der Waals surface area contributed by atoms with E-state index < -0.39 is 0 Å². The molecule has 2 atom stereocenters. The fourth-order valence-corrected chi connectivity index (χ4v) is 4.04. The Kier molecular flexibility index (Phi) is 5.82. The van der Waals surface area contributed by atoms with E-state index in [1.165, 1.54) is 18.2 Å². The second-order valence-electron chi connectivity index (χ2n) is 6.70. The van der Waals surface area contributed by atoms with Crippen LogP contribution in [0.25, 0.3) is 0 Å². The molecule has 0 N–H and O–H groups in total. The Morgan fingerprint density at radius 2 is 2.00 bits per heavy atom. The molecule has 0 aliphatic heterocycles. The summed E-state index contributed by atoms with van der Waals surface area (Å²) in [6, 6.07) is 14.2. The average Bonchev–Trinajstić information content (AvgIpc) is 3.04. The molecule has 3 rings (SSSR count). The number of benzene rings is 2. The van der Waals surface area contributed by atoms with Crippen LogP contribution in [0.2, 0.25) is 0 Å². The van der Waals surface area contributed by atoms with Crippen molar-refractivity contribution in [2.45, 2.75) is 38.2 Å². The van der Waals surface area contributed by atoms with Crippen LogP contribution < -0.4 is 4.74 Å². The molecule has 0 radical (unpaired) electrons. The van der Waals surface area contributed by atoms with Crippen molar-refractivity contribution in [1.29, 1.82) is 0 Å². The highest BCUT2D eigenvalue weighted by Gasteiger charge is 2.25. The van der Waals surface area contributed by atoms with Crippen LogP contribution in [0, 0.1) is 0 Å². The summed E-state index contributed by atoms with van der Waals surface area (Å²) >= 11 is 3.62. The molecule has 4 heteroatoms. The summed E-state index contributed by atoms with van der Waals surface area (Å²) < 4.78 is 12.2. The minimum Gasteiger partial charge on any atom is -0.486 e. The molecule has 1 aliphatic rings. The van der Waals surface area contributed by atoms with Crippen molar-refractivity contribution in [3.05, 3.63) is 75.8 Å². The zero-order valence-corrected chi connectivity index (χ0v) is 16.7. The van der Waals surface area contributed by atoms with Crippen molar-refractivity contribution < 1.29 is 14.3 Å². The summed E-state index contributed by atoms with van der Waals surface area (Å²) in [5.74, 6) is 0.566. The SMILES string of the molecule is C=C(C)[C@@H](CC(=O)OC)c1ccc(OC2CCc3c(Br)cccc32)cc1. The van der Waals surface area contributed by atoms with Crippen LogP contribution in [0.3, 0.4) is 0 Å². The molecule has 0 aromatic heterocycles. The van der Waals surface area contributed by atoms with Crippen LogP contribution in [0.5, 0.6) is 5.75 Å². The van der Waals surface area contributed by atoms with Crippen LogP contribution in [-0.4, -0.2) is 13.1 Å². The third-order valence-corrected chi connectivity index (χ3v) is 5.66. The summed E-state index contributed by atoms with van der Waals surface area (Å²) in [5, 5.41) is 0. The van der Waals surface area contributed by atoms with Gasteiger partial charge in [0.15, 0.2) is 0 Å². The summed E-state index contributed by atoms with van der Waals surface area (Å²) in [7, 11) is 1.41. The molecule has 1 aliphatic carbocycles. The minimum absolute atomic E-state index is 0.0420. The molecule has 0 saturated carbocycles. The van der Waals surface area contributed by atoms with Crippen LogP contribution in [0.4, 0.5) is 0 Å². The quantitative estimate of drug-likeness (QED) is 0.446. The molecule has 0 heterocycles. The molecular formula is C22H23BrO3. The standard InChI is InChI=1S/C22H23BrO3/c1-14(2)19(13-22(24)25-3)15-7-9-16(10-8-15)26-21-12-11-17-18(21)5-4-6-20(17)23/h4-10,19,21H,1,11-13H2,2-3H3/t19-,21?/m1/s1. The first kappa shape index (κ1) is 18.7. The number of carbonyl (C=O) groups excluding carboxylic acids is 1. The average molecular weight is 415 g/mol. The summed E-state index contributed by atoms with van der Waals surface area (Å²) in [5.41, 5.74) is 4.59. The molecule has 0 amide bonds. The molecule has 2 aromatic rings. The number of hydrogen-bond acceptors (Lipinski definition) is 3. The Morgan fingerprint density at radius 3 is 2.65 bits per heavy atom. The van der Waals surface area contributed by atoms with Crippen molar-refractivity contribution in [3.8, 4) is 5.75 Å². The molecule has 3 nitrogen and oxygen atoms in total. The van der Waals surface area contributed by atoms with Gasteiger partial charge >= 0.3 is 5.97 Å². The van der Waals surface area contributed by atoms with Gasteiger partial charge in [-0.05, 0) is 54.7 Å². The predicted molar refractivity (Wildman–Crippen MR) is 106 cm³/mol. The molecule has 136 valence electrons. The van der Waals surface area contributed by atoms with E-state index in [4.69, 9.17) is 9.47 Å². The fourth-order valence-electron chi connectivity index (χ4n) is 3.46. The van der Waals surface area contributed by atoms with Crippen LogP contribution in [0.15, 0.2) is 59.1 Å². The first-order valence-corrected chi connectivity index (χ1v) is 9.55. The van der Waals surface area contributed by atoms with E-state index in [1.54, 1.807) is 0 Å². The second kappa shape index (κ2) is 8.09. The Balaban J connectivity index is 1.73. The number of methoxy groups -OCH3 is 1. The van der Waals surface area contributed by atoms with E-state index in [-0.39, 0.29) is 18.0 Å². The summed E-state index contributed by atoms with van der Waals surface area (Å²) in [6.45, 7) is 5.95. The van der Waals surface area contributed by atoms with Gasteiger partial charge in [0.25, 0.3) is 0 Å². The zero-order chi connectivity index (χ0) is 18.7. The number of ether oxygens (including phenoxy) is 2. The van der Waals surface area contributed by atoms with Crippen molar-refractivity contribution in [2.24, 2.45) is 0 Å². The monoisotopic (exact) mass is 414 g/mol. The second-order valence-corrected chi connectivity index (χ2v) is 7.56. The van der Waals surface area contributed by atoms with Gasteiger partial charge in [-0.1, -0.05) is 52.3 Å². The van der Waals surface area contributed by atoms with E-state index in [2.05, 4.69) is 40.7 Å². The Morgan fingerprint density at radius 1 is 1.27 bits per heavy atom. The lowest BCUT2D eigenvalue weighted by atomic mass is 9.90. The van der Waals surface area contributed by atoms with Crippen LogP contribution in [-0.2, 0) is 16.0 Å². The number of hydrogen-bond donors (Lipinski definition) is 0. The third-order valence-electron chi connectivity index (χ3n) is 4.91. The highest BCUT2D eigenvalue weighted by Crippen LogP contribution is 2.38. The zero-order valence-electron chi connectivity index (χ0n) is 15.1. The van der Waals surface area contributed by atoms with E-state index in [0.29, 0.717) is 6.42 Å². The molecule has 0 saturated heterocycles. The van der Waals surface area contributed by atoms with Gasteiger partial charge in [-0.15, -0.1) is 0 Å². The molecule has 26 heavy (non-hydrogen) atoms. The van der Waals surface area contributed by atoms with Gasteiger partial charge in [0.1, 0.15) is 11.9 Å². The Labute approximate surface area is 163 Å². The molecule has 0 fully saturated rings. The first-order valence-electron chi connectivity index (χ1n) is 8.75. The lowest BCUT2D eigenvalue weighted by Crippen LogP contribution is -2.09. The predicted octanol–water partition coefficient (Wildman–Crippen LogP) is 5.74. The van der Waals surface area contributed by atoms with Gasteiger partial charge in [-0.2, -0.15) is 0 Å². The minimum atomic E-state index is -0.230. The number of carbonyl (C=O) groups is 1. The maximum atomic E-state index is 11.6. The van der Waals surface area contributed by atoms with Gasteiger partial charge in [0.05, 0.1) is 13.5 Å². The number of esters is 1. The van der Waals surface area contributed by atoms with Crippen molar-refractivity contribution in [1.82, 2.24) is 0 Å². The molecule has 0 spiro atoms. The maximum absolute atomic E-state index is 11.6. The molecule has 1 unspecified atom stereocenters. The maximum Gasteiger partial charge on any atom is 0.306 e. The molecule has 2 aromatic carbocycles. The number of rotatable bonds is 6. The smallest absolute Gasteiger partial charge is 0.306 e. The number of halogens is 1. The van der Waals surface area contributed by atoms with E-state index in [0.717, 1.165) is 34.2 Å². The van der Waals surface area contributed by atoms with Gasteiger partial charge in [0.2, 0.25) is 0 Å². The highest BCUT2D eigenvalue weighted by molar-refractivity contribution is 9.10. The van der Waals surface area contributed by atoms with Crippen molar-refractivity contribution in [3.63, 3.8) is 0 Å². The number of allylic oxidation sites excluding steroid dienone is 1. The van der Waals surface area contributed by atoms with Crippen molar-refractivity contribution in [2.75, 3.05) is 7.11 Å². The van der Waals surface area contributed by atoms with Gasteiger partial charge in [0, 0.05) is 10.4 Å². The summed E-state index contributed by atoms with van der Waals surface area (Å²) in [4.78, 5) is 11.6. The van der Waals surface area contributed by atoms with Crippen LogP contribution in [0.1, 0.15) is 48.5 Å². The van der Waals surface area contributed by atoms with Gasteiger partial charge < -0.3 is 9.47 Å². The number of fused-ring (bicyclic) bond motifs is 1. The van der Waals surface area contributed by atoms with E-state index in [1.807, 2.05) is 31.2 Å². The third kappa shape index (κ3) is 4.01. The van der Waals surface area contributed by atoms with E-state index in [9.17, 15) is 4.79 Å².